The number of nitrogens with zero attached hydrogens (tertiary/aromatic N) is 1. The zero-order valence-corrected chi connectivity index (χ0v) is 11.3. The van der Waals surface area contributed by atoms with Crippen LogP contribution < -0.4 is 5.32 Å². The van der Waals surface area contributed by atoms with Crippen LogP contribution in [0.3, 0.4) is 0 Å². The van der Waals surface area contributed by atoms with Gasteiger partial charge in [0.15, 0.2) is 0 Å². The number of hydrogen-bond donors (Lipinski definition) is 3. The molecule has 0 bridgehead atoms. The fraction of sp³-hybridized carbons (Fsp3) is 0.333. The predicted molar refractivity (Wildman–Crippen MR) is 75.2 cm³/mol. The summed E-state index contributed by atoms with van der Waals surface area (Å²) in [6, 6.07) is 5.36. The molecule has 1 fully saturated rings. The lowest BCUT2D eigenvalue weighted by Gasteiger charge is -2.30. The van der Waals surface area contributed by atoms with Crippen molar-refractivity contribution in [2.75, 3.05) is 19.6 Å². The summed E-state index contributed by atoms with van der Waals surface area (Å²) in [6.45, 7) is 1.98. The predicted octanol–water partition coefficient (Wildman–Crippen LogP) is 2.40. The summed E-state index contributed by atoms with van der Waals surface area (Å²) in [5, 5.41) is 20.0. The molecule has 1 aromatic carbocycles. The summed E-state index contributed by atoms with van der Waals surface area (Å²) in [7, 11) is 0. The Hall–Kier alpha value is -1.10. The van der Waals surface area contributed by atoms with E-state index in [0.717, 1.165) is 12.1 Å². The molecular weight excluding hydrogens is 271 g/mol. The van der Waals surface area contributed by atoms with Crippen molar-refractivity contribution < 1.29 is 0 Å². The molecule has 96 valence electrons. The van der Waals surface area contributed by atoms with Gasteiger partial charge < -0.3 is 10.2 Å². The third-order valence-electron chi connectivity index (χ3n) is 2.81. The Morgan fingerprint density at radius 1 is 1.33 bits per heavy atom. The van der Waals surface area contributed by atoms with E-state index in [0.29, 0.717) is 41.2 Å². The van der Waals surface area contributed by atoms with Crippen LogP contribution in [0.15, 0.2) is 18.2 Å². The molecule has 1 aromatic rings. The smallest absolute Gasteiger partial charge is 0.115 e. The number of piperazine rings is 1. The standard InChI is InChI=1S/C12H14Cl2N4/c13-9-2-1-8(5-10(9)14)6-11(15)18-4-3-17-7-12(18)16/h1-2,5,15-17H,3-4,6-7H2. The van der Waals surface area contributed by atoms with Gasteiger partial charge in [-0.05, 0) is 17.7 Å². The van der Waals surface area contributed by atoms with E-state index in [-0.39, 0.29) is 0 Å². The first kappa shape index (κ1) is 13.3. The molecule has 0 atom stereocenters. The van der Waals surface area contributed by atoms with E-state index in [2.05, 4.69) is 5.32 Å². The van der Waals surface area contributed by atoms with Gasteiger partial charge in [0.1, 0.15) is 11.7 Å². The van der Waals surface area contributed by atoms with Gasteiger partial charge in [-0.3, -0.25) is 10.8 Å². The molecule has 0 amide bonds. The van der Waals surface area contributed by atoms with Crippen molar-refractivity contribution in [3.63, 3.8) is 0 Å². The molecule has 0 unspecified atom stereocenters. The maximum Gasteiger partial charge on any atom is 0.115 e. The van der Waals surface area contributed by atoms with Crippen LogP contribution in [0.5, 0.6) is 0 Å². The maximum atomic E-state index is 8.06. The van der Waals surface area contributed by atoms with E-state index in [4.69, 9.17) is 34.0 Å². The van der Waals surface area contributed by atoms with Crippen molar-refractivity contribution in [1.29, 1.82) is 10.8 Å². The molecule has 0 spiro atoms. The van der Waals surface area contributed by atoms with Crippen LogP contribution in [-0.2, 0) is 6.42 Å². The van der Waals surface area contributed by atoms with Gasteiger partial charge in [-0.2, -0.15) is 0 Å². The molecule has 0 radical (unpaired) electrons. The van der Waals surface area contributed by atoms with Gasteiger partial charge in [0.25, 0.3) is 0 Å². The Labute approximate surface area is 116 Å². The second-order valence-corrected chi connectivity index (χ2v) is 4.96. The molecule has 1 aliphatic heterocycles. The highest BCUT2D eigenvalue weighted by Gasteiger charge is 2.18. The Kier molecular flexibility index (Phi) is 4.22. The summed E-state index contributed by atoms with van der Waals surface area (Å²) < 4.78 is 0. The van der Waals surface area contributed by atoms with Crippen LogP contribution in [0.1, 0.15) is 5.56 Å². The lowest BCUT2D eigenvalue weighted by atomic mass is 10.1. The first-order valence-electron chi connectivity index (χ1n) is 5.65. The minimum absolute atomic E-state index is 0.417. The molecule has 1 heterocycles. The van der Waals surface area contributed by atoms with Crippen molar-refractivity contribution in [2.45, 2.75) is 6.42 Å². The van der Waals surface area contributed by atoms with Crippen molar-refractivity contribution in [1.82, 2.24) is 10.2 Å². The molecule has 6 heteroatoms. The van der Waals surface area contributed by atoms with Gasteiger partial charge in [0, 0.05) is 19.5 Å². The van der Waals surface area contributed by atoms with Crippen molar-refractivity contribution >= 4 is 34.9 Å². The fourth-order valence-electron chi connectivity index (χ4n) is 1.86. The highest BCUT2D eigenvalue weighted by Crippen LogP contribution is 2.23. The topological polar surface area (TPSA) is 63.0 Å². The molecular formula is C12H14Cl2N4. The molecule has 0 saturated carbocycles. The highest BCUT2D eigenvalue weighted by atomic mass is 35.5. The van der Waals surface area contributed by atoms with Crippen LogP contribution in [0.4, 0.5) is 0 Å². The molecule has 3 N–H and O–H groups in total. The number of halogens is 2. The lowest BCUT2D eigenvalue weighted by molar-refractivity contribution is 0.505. The number of benzene rings is 1. The minimum atomic E-state index is 0.417. The SMILES string of the molecule is N=C1CNCCN1C(=N)Cc1ccc(Cl)c(Cl)c1. The van der Waals surface area contributed by atoms with Crippen LogP contribution in [0.2, 0.25) is 10.0 Å². The van der Waals surface area contributed by atoms with Gasteiger partial charge in [-0.15, -0.1) is 0 Å². The van der Waals surface area contributed by atoms with Crippen LogP contribution in [-0.4, -0.2) is 36.2 Å². The van der Waals surface area contributed by atoms with Gasteiger partial charge in [0.2, 0.25) is 0 Å². The van der Waals surface area contributed by atoms with E-state index in [1.54, 1.807) is 17.0 Å². The second kappa shape index (κ2) is 5.69. The second-order valence-electron chi connectivity index (χ2n) is 4.15. The summed E-state index contributed by atoms with van der Waals surface area (Å²) in [5.41, 5.74) is 0.931. The molecule has 1 saturated heterocycles. The minimum Gasteiger partial charge on any atom is -0.316 e. The summed E-state index contributed by atoms with van der Waals surface area (Å²) in [4.78, 5) is 1.72. The summed E-state index contributed by atoms with van der Waals surface area (Å²) in [5.74, 6) is 0.853. The summed E-state index contributed by atoms with van der Waals surface area (Å²) >= 11 is 11.8. The Balaban J connectivity index is 2.06. The largest absolute Gasteiger partial charge is 0.316 e. The van der Waals surface area contributed by atoms with E-state index in [1.165, 1.54) is 0 Å². The Morgan fingerprint density at radius 3 is 2.78 bits per heavy atom. The fourth-order valence-corrected chi connectivity index (χ4v) is 2.18. The summed E-state index contributed by atoms with van der Waals surface area (Å²) in [6.07, 6.45) is 0.458. The zero-order valence-electron chi connectivity index (χ0n) is 9.76. The number of amidine groups is 2. The van der Waals surface area contributed by atoms with Crippen LogP contribution in [0.25, 0.3) is 0 Å². The molecule has 4 nitrogen and oxygen atoms in total. The average molecular weight is 285 g/mol. The normalized spacial score (nSPS) is 15.9. The third-order valence-corrected chi connectivity index (χ3v) is 3.55. The zero-order chi connectivity index (χ0) is 13.1. The molecule has 0 aliphatic carbocycles. The molecule has 0 aromatic heterocycles. The van der Waals surface area contributed by atoms with Crippen LogP contribution >= 0.6 is 23.2 Å². The Bertz CT molecular complexity index is 487. The molecule has 1 aliphatic rings. The van der Waals surface area contributed by atoms with Crippen molar-refractivity contribution in [3.05, 3.63) is 33.8 Å². The van der Waals surface area contributed by atoms with E-state index >= 15 is 0 Å². The maximum absolute atomic E-state index is 8.06. The monoisotopic (exact) mass is 284 g/mol. The number of rotatable bonds is 2. The van der Waals surface area contributed by atoms with Gasteiger partial charge in [-0.25, -0.2) is 0 Å². The highest BCUT2D eigenvalue weighted by molar-refractivity contribution is 6.42. The number of nitrogens with one attached hydrogen (secondary N) is 3. The lowest BCUT2D eigenvalue weighted by Crippen LogP contribution is -2.50. The van der Waals surface area contributed by atoms with E-state index in [9.17, 15) is 0 Å². The van der Waals surface area contributed by atoms with E-state index in [1.807, 2.05) is 6.07 Å². The molecule has 18 heavy (non-hydrogen) atoms. The van der Waals surface area contributed by atoms with Gasteiger partial charge in [0.05, 0.1) is 16.6 Å². The van der Waals surface area contributed by atoms with E-state index < -0.39 is 0 Å². The van der Waals surface area contributed by atoms with Crippen LogP contribution in [0, 0.1) is 10.8 Å². The Morgan fingerprint density at radius 2 is 2.11 bits per heavy atom. The molecule has 2 rings (SSSR count). The first-order valence-corrected chi connectivity index (χ1v) is 6.40. The third kappa shape index (κ3) is 3.02. The van der Waals surface area contributed by atoms with Crippen molar-refractivity contribution in [3.8, 4) is 0 Å². The average Bonchev–Trinajstić information content (AvgIpc) is 2.34. The van der Waals surface area contributed by atoms with Crippen molar-refractivity contribution in [2.24, 2.45) is 0 Å². The number of hydrogen-bond acceptors (Lipinski definition) is 3. The van der Waals surface area contributed by atoms with Gasteiger partial charge >= 0.3 is 0 Å². The first-order chi connectivity index (χ1) is 8.58. The van der Waals surface area contributed by atoms with Gasteiger partial charge in [-0.1, -0.05) is 29.3 Å². The quantitative estimate of drug-likeness (QED) is 0.577.